The highest BCUT2D eigenvalue weighted by Crippen LogP contribution is 2.20. The number of aromatic nitrogens is 3. The minimum atomic E-state index is -0.598. The third kappa shape index (κ3) is 5.70. The van der Waals surface area contributed by atoms with Crippen molar-refractivity contribution in [2.75, 3.05) is 11.9 Å². The number of nitrogens with one attached hydrogen (secondary N) is 2. The Bertz CT molecular complexity index is 1220. The zero-order chi connectivity index (χ0) is 23.2. The first-order chi connectivity index (χ1) is 16.0. The lowest BCUT2D eigenvalue weighted by Gasteiger charge is -2.19. The van der Waals surface area contributed by atoms with Crippen LogP contribution in [-0.2, 0) is 18.3 Å². The van der Waals surface area contributed by atoms with E-state index in [1.54, 1.807) is 29.2 Å². The molecule has 4 rings (SSSR count). The Kier molecular flexibility index (Phi) is 6.90. The highest BCUT2D eigenvalue weighted by atomic mass is 19.1. The smallest absolute Gasteiger partial charge is 0.247 e. The van der Waals surface area contributed by atoms with Crippen molar-refractivity contribution in [2.24, 2.45) is 7.05 Å². The number of hydrogen-bond acceptors (Lipinski definition) is 4. The molecule has 0 aliphatic rings. The maximum absolute atomic E-state index is 14.2. The second-order valence-electron chi connectivity index (χ2n) is 7.97. The zero-order valence-corrected chi connectivity index (χ0v) is 18.6. The number of benzene rings is 2. The van der Waals surface area contributed by atoms with E-state index < -0.39 is 6.04 Å². The van der Waals surface area contributed by atoms with Gasteiger partial charge >= 0.3 is 0 Å². The van der Waals surface area contributed by atoms with E-state index >= 15 is 0 Å². The van der Waals surface area contributed by atoms with Gasteiger partial charge in [0.2, 0.25) is 5.91 Å². The van der Waals surface area contributed by atoms with Gasteiger partial charge in [-0.2, -0.15) is 5.10 Å². The molecule has 2 aromatic heterocycles. The van der Waals surface area contributed by atoms with Crippen molar-refractivity contribution in [3.05, 3.63) is 102 Å². The predicted octanol–water partition coefficient (Wildman–Crippen LogP) is 4.44. The zero-order valence-electron chi connectivity index (χ0n) is 18.6. The minimum absolute atomic E-state index is 0.226. The summed E-state index contributed by atoms with van der Waals surface area (Å²) in [5.74, 6) is 0.00238. The third-order valence-electron chi connectivity index (χ3n) is 5.40. The van der Waals surface area contributed by atoms with Gasteiger partial charge in [0.25, 0.3) is 0 Å². The number of aryl methyl sites for hydroxylation is 2. The lowest BCUT2D eigenvalue weighted by Crippen LogP contribution is -2.34. The summed E-state index contributed by atoms with van der Waals surface area (Å²) in [6.45, 7) is 2.30. The molecule has 33 heavy (non-hydrogen) atoms. The van der Waals surface area contributed by atoms with Crippen molar-refractivity contribution in [3.63, 3.8) is 0 Å². The number of nitrogens with zero attached hydrogens (tertiary/aromatic N) is 3. The summed E-state index contributed by atoms with van der Waals surface area (Å²) >= 11 is 0. The summed E-state index contributed by atoms with van der Waals surface area (Å²) in [5.41, 5.74) is 4.20. The average Bonchev–Trinajstić information content (AvgIpc) is 3.25. The Hall–Kier alpha value is -3.84. The monoisotopic (exact) mass is 443 g/mol. The standard InChI is InChI=1S/C26H26FN5O/c1-18-8-9-19(23(27)14-18)12-13-28-25(20-6-4-3-5-7-20)26(33)31-24-11-10-21(15-29-24)22-16-30-32(2)17-22/h3-11,14-17,25,28H,12-13H2,1-2H3,(H,29,31,33)/t25-/m1/s1. The number of pyridine rings is 1. The molecule has 6 nitrogen and oxygen atoms in total. The topological polar surface area (TPSA) is 71.8 Å². The summed E-state index contributed by atoms with van der Waals surface area (Å²) in [5, 5.41) is 10.3. The Balaban J connectivity index is 1.44. The first-order valence-electron chi connectivity index (χ1n) is 10.8. The summed E-state index contributed by atoms with van der Waals surface area (Å²) in [7, 11) is 1.86. The first kappa shape index (κ1) is 22.4. The average molecular weight is 444 g/mol. The van der Waals surface area contributed by atoms with Crippen LogP contribution in [-0.4, -0.2) is 27.2 Å². The number of hydrogen-bond donors (Lipinski definition) is 2. The van der Waals surface area contributed by atoms with Crippen molar-refractivity contribution in [1.82, 2.24) is 20.1 Å². The molecule has 0 fully saturated rings. The van der Waals surface area contributed by atoms with E-state index in [2.05, 4.69) is 20.7 Å². The molecule has 4 aromatic rings. The molecule has 1 amide bonds. The van der Waals surface area contributed by atoms with Crippen LogP contribution in [0.5, 0.6) is 0 Å². The number of carbonyl (C=O) groups excluding carboxylic acids is 1. The molecule has 1 atom stereocenters. The molecule has 168 valence electrons. The molecule has 0 saturated carbocycles. The Labute approximate surface area is 192 Å². The maximum atomic E-state index is 14.2. The van der Waals surface area contributed by atoms with Gasteiger partial charge in [0, 0.05) is 37.1 Å². The van der Waals surface area contributed by atoms with Crippen LogP contribution in [0.3, 0.4) is 0 Å². The van der Waals surface area contributed by atoms with Crippen LogP contribution in [0.15, 0.2) is 79.3 Å². The fourth-order valence-electron chi connectivity index (χ4n) is 3.62. The van der Waals surface area contributed by atoms with Gasteiger partial charge in [-0.3, -0.25) is 9.48 Å². The first-order valence-corrected chi connectivity index (χ1v) is 10.8. The van der Waals surface area contributed by atoms with Gasteiger partial charge in [0.15, 0.2) is 0 Å². The highest BCUT2D eigenvalue weighted by Gasteiger charge is 2.20. The van der Waals surface area contributed by atoms with Crippen LogP contribution in [0, 0.1) is 12.7 Å². The predicted molar refractivity (Wildman–Crippen MR) is 127 cm³/mol. The largest absolute Gasteiger partial charge is 0.309 e. The SMILES string of the molecule is Cc1ccc(CCN[C@@H](C(=O)Nc2ccc(-c3cnn(C)c3)cn2)c2ccccc2)c(F)c1. The van der Waals surface area contributed by atoms with Gasteiger partial charge in [0.1, 0.15) is 17.7 Å². The summed E-state index contributed by atoms with van der Waals surface area (Å²) in [4.78, 5) is 17.5. The molecule has 0 aliphatic carbocycles. The fraction of sp³-hybridized carbons (Fsp3) is 0.192. The summed E-state index contributed by atoms with van der Waals surface area (Å²) in [6.07, 6.45) is 5.85. The van der Waals surface area contributed by atoms with Gasteiger partial charge in [-0.05, 0) is 48.2 Å². The van der Waals surface area contributed by atoms with Crippen molar-refractivity contribution in [2.45, 2.75) is 19.4 Å². The molecule has 7 heteroatoms. The number of carbonyl (C=O) groups is 1. The van der Waals surface area contributed by atoms with E-state index in [0.717, 1.165) is 22.3 Å². The number of halogens is 1. The molecule has 0 spiro atoms. The summed E-state index contributed by atoms with van der Waals surface area (Å²) in [6, 6.07) is 17.7. The normalized spacial score (nSPS) is 11.8. The molecule has 0 radical (unpaired) electrons. The molecule has 0 bridgehead atoms. The quantitative estimate of drug-likeness (QED) is 0.422. The molecule has 2 aromatic carbocycles. The second kappa shape index (κ2) is 10.2. The van der Waals surface area contributed by atoms with Crippen LogP contribution in [0.2, 0.25) is 0 Å². The molecule has 2 N–H and O–H groups in total. The van der Waals surface area contributed by atoms with Gasteiger partial charge in [0.05, 0.1) is 6.20 Å². The van der Waals surface area contributed by atoms with Gasteiger partial charge in [-0.1, -0.05) is 42.5 Å². The van der Waals surface area contributed by atoms with Gasteiger partial charge in [-0.25, -0.2) is 9.37 Å². The Morgan fingerprint density at radius 2 is 1.88 bits per heavy atom. The van der Waals surface area contributed by atoms with E-state index in [9.17, 15) is 9.18 Å². The van der Waals surface area contributed by atoms with E-state index in [1.165, 1.54) is 6.07 Å². The van der Waals surface area contributed by atoms with Crippen molar-refractivity contribution >= 4 is 11.7 Å². The van der Waals surface area contributed by atoms with Gasteiger partial charge < -0.3 is 10.6 Å². The third-order valence-corrected chi connectivity index (χ3v) is 5.40. The van der Waals surface area contributed by atoms with Crippen LogP contribution in [0.4, 0.5) is 10.2 Å². The highest BCUT2D eigenvalue weighted by molar-refractivity contribution is 5.94. The number of anilines is 1. The maximum Gasteiger partial charge on any atom is 0.247 e. The molecular formula is C26H26FN5O. The molecular weight excluding hydrogens is 417 g/mol. The van der Waals surface area contributed by atoms with Crippen LogP contribution in [0.25, 0.3) is 11.1 Å². The van der Waals surface area contributed by atoms with E-state index in [4.69, 9.17) is 0 Å². The molecule has 0 unspecified atom stereocenters. The lowest BCUT2D eigenvalue weighted by atomic mass is 10.0. The van der Waals surface area contributed by atoms with Crippen molar-refractivity contribution in [1.29, 1.82) is 0 Å². The lowest BCUT2D eigenvalue weighted by molar-refractivity contribution is -0.118. The molecule has 0 aliphatic heterocycles. The number of amides is 1. The Morgan fingerprint density at radius 3 is 2.55 bits per heavy atom. The van der Waals surface area contributed by atoms with Gasteiger partial charge in [-0.15, -0.1) is 0 Å². The van der Waals surface area contributed by atoms with E-state index in [0.29, 0.717) is 24.3 Å². The Morgan fingerprint density at radius 1 is 1.06 bits per heavy atom. The molecule has 0 saturated heterocycles. The van der Waals surface area contributed by atoms with Crippen molar-refractivity contribution in [3.8, 4) is 11.1 Å². The van der Waals surface area contributed by atoms with E-state index in [1.807, 2.05) is 62.6 Å². The fourth-order valence-corrected chi connectivity index (χ4v) is 3.62. The van der Waals surface area contributed by atoms with E-state index in [-0.39, 0.29) is 11.7 Å². The van der Waals surface area contributed by atoms with Crippen LogP contribution < -0.4 is 10.6 Å². The number of rotatable bonds is 8. The van der Waals surface area contributed by atoms with Crippen LogP contribution >= 0.6 is 0 Å². The van der Waals surface area contributed by atoms with Crippen molar-refractivity contribution < 1.29 is 9.18 Å². The minimum Gasteiger partial charge on any atom is -0.309 e. The van der Waals surface area contributed by atoms with Crippen LogP contribution in [0.1, 0.15) is 22.7 Å². The molecule has 2 heterocycles. The summed E-state index contributed by atoms with van der Waals surface area (Å²) < 4.78 is 15.9. The second-order valence-corrected chi connectivity index (χ2v) is 7.97.